The Hall–Kier alpha value is -4.05. The molecule has 2 aromatic rings. The van der Waals surface area contributed by atoms with E-state index in [2.05, 4.69) is 17.6 Å². The molecule has 5 aliphatic rings. The maximum absolute atomic E-state index is 14.3. The van der Waals surface area contributed by atoms with Crippen molar-refractivity contribution in [3.63, 3.8) is 0 Å². The maximum Gasteiger partial charge on any atom is 0.246 e. The van der Waals surface area contributed by atoms with E-state index in [9.17, 15) is 14.4 Å². The third kappa shape index (κ3) is 4.72. The second-order valence-electron chi connectivity index (χ2n) is 12.2. The molecule has 2 bridgehead atoms. The van der Waals surface area contributed by atoms with Crippen molar-refractivity contribution in [1.82, 2.24) is 10.2 Å². The molecule has 10 nitrogen and oxygen atoms in total. The van der Waals surface area contributed by atoms with Crippen LogP contribution in [-0.4, -0.2) is 59.8 Å². The van der Waals surface area contributed by atoms with Crippen molar-refractivity contribution < 1.29 is 33.3 Å². The third-order valence-electron chi connectivity index (χ3n) is 9.59. The van der Waals surface area contributed by atoms with Gasteiger partial charge >= 0.3 is 0 Å². The highest BCUT2D eigenvalue weighted by molar-refractivity contribution is 6.02. The SMILES string of the molecule is CCOc1ccc(NC(=O)[C@@H]2[C@@H]3C=C[C@]4(O3)[C@@H]2C(=O)N(Cc2ccc3c(c2)OCO3)[C@H]4C(=O)N[C@@H]2CCCC[C@@H]2C)cc1. The summed E-state index contributed by atoms with van der Waals surface area (Å²) < 4.78 is 23.0. The van der Waals surface area contributed by atoms with Gasteiger partial charge in [-0.3, -0.25) is 14.4 Å². The smallest absolute Gasteiger partial charge is 0.246 e. The van der Waals surface area contributed by atoms with Gasteiger partial charge in [0.15, 0.2) is 11.5 Å². The van der Waals surface area contributed by atoms with Gasteiger partial charge in [-0.05, 0) is 67.6 Å². The summed E-state index contributed by atoms with van der Waals surface area (Å²) >= 11 is 0. The van der Waals surface area contributed by atoms with Crippen molar-refractivity contribution >= 4 is 23.4 Å². The van der Waals surface area contributed by atoms with E-state index in [-0.39, 0.29) is 37.1 Å². The second-order valence-corrected chi connectivity index (χ2v) is 12.2. The molecule has 7 rings (SSSR count). The number of nitrogens with one attached hydrogen (secondary N) is 2. The van der Waals surface area contributed by atoms with Crippen LogP contribution in [0.4, 0.5) is 5.69 Å². The number of anilines is 1. The number of hydrogen-bond donors (Lipinski definition) is 2. The molecular weight excluding hydrogens is 550 g/mol. The van der Waals surface area contributed by atoms with Crippen LogP contribution in [0.15, 0.2) is 54.6 Å². The molecule has 0 unspecified atom stereocenters. The lowest BCUT2D eigenvalue weighted by atomic mass is 9.74. The van der Waals surface area contributed by atoms with Crippen LogP contribution in [0.2, 0.25) is 0 Å². The summed E-state index contributed by atoms with van der Waals surface area (Å²) in [6, 6.07) is 11.7. The van der Waals surface area contributed by atoms with Crippen LogP contribution in [0.25, 0.3) is 0 Å². The number of nitrogens with zero attached hydrogens (tertiary/aromatic N) is 1. The van der Waals surface area contributed by atoms with Gasteiger partial charge in [-0.15, -0.1) is 0 Å². The lowest BCUT2D eigenvalue weighted by Crippen LogP contribution is -2.57. The monoisotopic (exact) mass is 587 g/mol. The van der Waals surface area contributed by atoms with Crippen LogP contribution in [0.5, 0.6) is 17.2 Å². The molecule has 1 saturated carbocycles. The fraction of sp³-hybridized carbons (Fsp3) is 0.485. The number of hydrogen-bond acceptors (Lipinski definition) is 7. The molecular formula is C33H37N3O7. The lowest BCUT2D eigenvalue weighted by Gasteiger charge is -2.36. The van der Waals surface area contributed by atoms with Crippen molar-refractivity contribution in [3.05, 3.63) is 60.2 Å². The molecule has 3 fully saturated rings. The van der Waals surface area contributed by atoms with E-state index >= 15 is 0 Å². The van der Waals surface area contributed by atoms with Gasteiger partial charge in [-0.1, -0.05) is 38.0 Å². The summed E-state index contributed by atoms with van der Waals surface area (Å²) in [5, 5.41) is 6.24. The van der Waals surface area contributed by atoms with Gasteiger partial charge in [0.1, 0.15) is 17.4 Å². The molecule has 43 heavy (non-hydrogen) atoms. The first-order chi connectivity index (χ1) is 20.9. The van der Waals surface area contributed by atoms with E-state index < -0.39 is 29.6 Å². The quantitative estimate of drug-likeness (QED) is 0.452. The van der Waals surface area contributed by atoms with Crippen molar-refractivity contribution in [1.29, 1.82) is 0 Å². The van der Waals surface area contributed by atoms with Crippen LogP contribution >= 0.6 is 0 Å². The number of rotatable bonds is 8. The number of fused-ring (bicyclic) bond motifs is 2. The van der Waals surface area contributed by atoms with Gasteiger partial charge in [0.2, 0.25) is 24.5 Å². The molecule has 2 aromatic carbocycles. The van der Waals surface area contributed by atoms with Gasteiger partial charge in [0.25, 0.3) is 0 Å². The number of likely N-dealkylation sites (tertiary alicyclic amines) is 1. The van der Waals surface area contributed by atoms with Gasteiger partial charge in [0, 0.05) is 18.3 Å². The Labute approximate surface area is 250 Å². The highest BCUT2D eigenvalue weighted by Crippen LogP contribution is 2.55. The van der Waals surface area contributed by atoms with Crippen LogP contribution in [0.3, 0.4) is 0 Å². The van der Waals surface area contributed by atoms with E-state index in [0.29, 0.717) is 35.5 Å². The Kier molecular flexibility index (Phi) is 7.04. The zero-order valence-corrected chi connectivity index (χ0v) is 24.4. The molecule has 0 aromatic heterocycles. The number of carbonyl (C=O) groups is 3. The summed E-state index contributed by atoms with van der Waals surface area (Å²) in [6.07, 6.45) is 7.23. The summed E-state index contributed by atoms with van der Waals surface area (Å²) in [5.74, 6) is -0.155. The molecule has 226 valence electrons. The summed E-state index contributed by atoms with van der Waals surface area (Å²) in [6.45, 7) is 4.92. The Morgan fingerprint density at radius 1 is 1.05 bits per heavy atom. The molecule has 7 atom stereocenters. The third-order valence-corrected chi connectivity index (χ3v) is 9.59. The average Bonchev–Trinajstić information content (AvgIpc) is 3.76. The van der Waals surface area contributed by atoms with Crippen LogP contribution < -0.4 is 24.8 Å². The molecule has 4 aliphatic heterocycles. The Morgan fingerprint density at radius 2 is 1.84 bits per heavy atom. The molecule has 1 aliphatic carbocycles. The number of carbonyl (C=O) groups excluding carboxylic acids is 3. The highest BCUT2D eigenvalue weighted by atomic mass is 16.7. The largest absolute Gasteiger partial charge is 0.494 e. The fourth-order valence-corrected chi connectivity index (χ4v) is 7.49. The fourth-order valence-electron chi connectivity index (χ4n) is 7.49. The van der Waals surface area contributed by atoms with E-state index in [4.69, 9.17) is 18.9 Å². The number of ether oxygens (including phenoxy) is 4. The molecule has 0 radical (unpaired) electrons. The summed E-state index contributed by atoms with van der Waals surface area (Å²) in [7, 11) is 0. The van der Waals surface area contributed by atoms with Gasteiger partial charge < -0.3 is 34.5 Å². The van der Waals surface area contributed by atoms with Crippen molar-refractivity contribution in [2.24, 2.45) is 17.8 Å². The zero-order chi connectivity index (χ0) is 29.7. The average molecular weight is 588 g/mol. The van der Waals surface area contributed by atoms with Crippen molar-refractivity contribution in [2.75, 3.05) is 18.7 Å². The van der Waals surface area contributed by atoms with Crippen molar-refractivity contribution in [2.45, 2.75) is 69.9 Å². The predicted molar refractivity (Wildman–Crippen MR) is 156 cm³/mol. The van der Waals surface area contributed by atoms with Crippen molar-refractivity contribution in [3.8, 4) is 17.2 Å². The first-order valence-corrected chi connectivity index (χ1v) is 15.3. The first kappa shape index (κ1) is 27.8. The van der Waals surface area contributed by atoms with E-state index in [1.807, 2.05) is 37.3 Å². The Balaban J connectivity index is 1.19. The second kappa shape index (κ2) is 10.9. The molecule has 2 saturated heterocycles. The number of benzene rings is 2. The topological polar surface area (TPSA) is 115 Å². The zero-order valence-electron chi connectivity index (χ0n) is 24.4. The van der Waals surface area contributed by atoms with E-state index in [0.717, 1.165) is 31.2 Å². The van der Waals surface area contributed by atoms with Gasteiger partial charge in [-0.2, -0.15) is 0 Å². The van der Waals surface area contributed by atoms with Crippen LogP contribution in [0.1, 0.15) is 45.1 Å². The molecule has 3 amide bonds. The Bertz CT molecular complexity index is 1460. The van der Waals surface area contributed by atoms with Crippen LogP contribution in [-0.2, 0) is 25.7 Å². The van der Waals surface area contributed by atoms with Crippen LogP contribution in [0, 0.1) is 17.8 Å². The normalized spacial score (nSPS) is 31.7. The highest BCUT2D eigenvalue weighted by Gasteiger charge is 2.72. The minimum atomic E-state index is -1.24. The van der Waals surface area contributed by atoms with E-state index in [1.165, 1.54) is 0 Å². The minimum absolute atomic E-state index is 0.0283. The summed E-state index contributed by atoms with van der Waals surface area (Å²) in [4.78, 5) is 43.9. The predicted octanol–water partition coefficient (Wildman–Crippen LogP) is 3.80. The standard InChI is InChI=1S/C33H37N3O7/c1-3-40-22-11-9-21(10-12-22)34-30(37)27-25-14-15-33(43-25)28(27)32(39)36(17-20-8-13-24-26(16-20)42-18-41-24)29(33)31(38)35-23-7-5-4-6-19(23)2/h8-16,19,23,25,27-29H,3-7,17-18H2,1-2H3,(H,34,37)(H,35,38)/t19-,23+,25-,27+,28-,29-,33-/m0/s1. The molecule has 10 heteroatoms. The number of amides is 3. The minimum Gasteiger partial charge on any atom is -0.494 e. The van der Waals surface area contributed by atoms with Gasteiger partial charge in [0.05, 0.1) is 24.5 Å². The first-order valence-electron chi connectivity index (χ1n) is 15.3. The molecule has 1 spiro atoms. The lowest BCUT2D eigenvalue weighted by molar-refractivity contribution is -0.142. The summed E-state index contributed by atoms with van der Waals surface area (Å²) in [5.41, 5.74) is 0.158. The molecule has 4 heterocycles. The Morgan fingerprint density at radius 3 is 2.63 bits per heavy atom. The van der Waals surface area contributed by atoms with Gasteiger partial charge in [-0.25, -0.2) is 0 Å². The molecule has 2 N–H and O–H groups in total. The van der Waals surface area contributed by atoms with E-state index in [1.54, 1.807) is 29.2 Å². The maximum atomic E-state index is 14.3.